The first-order valence-electron chi connectivity index (χ1n) is 5.69. The Hall–Kier alpha value is -0.200. The summed E-state index contributed by atoms with van der Waals surface area (Å²) in [5.41, 5.74) is 5.55. The number of hydrogen-bond donors (Lipinski definition) is 2. The van der Waals surface area contributed by atoms with Crippen LogP contribution in [0.1, 0.15) is 20.3 Å². The average Bonchev–Trinajstić information content (AvgIpc) is 2.21. The molecule has 0 amide bonds. The molecule has 0 saturated carbocycles. The van der Waals surface area contributed by atoms with Crippen LogP contribution in [0, 0.1) is 0 Å². The number of aliphatic hydroxyl groups is 1. The average molecular weight is 235 g/mol. The van der Waals surface area contributed by atoms with Gasteiger partial charge in [0.1, 0.15) is 0 Å². The van der Waals surface area contributed by atoms with Gasteiger partial charge in [0, 0.05) is 19.8 Å². The van der Waals surface area contributed by atoms with Gasteiger partial charge in [-0.2, -0.15) is 0 Å². The van der Waals surface area contributed by atoms with Crippen molar-refractivity contribution in [2.75, 3.05) is 33.5 Å². The maximum atomic E-state index is 9.47. The van der Waals surface area contributed by atoms with E-state index in [-0.39, 0.29) is 12.1 Å². The van der Waals surface area contributed by atoms with Crippen LogP contribution < -0.4 is 5.73 Å². The maximum absolute atomic E-state index is 9.47. The molecule has 0 radical (unpaired) electrons. The van der Waals surface area contributed by atoms with E-state index in [4.69, 9.17) is 19.9 Å². The molecule has 0 aromatic rings. The highest BCUT2D eigenvalue weighted by molar-refractivity contribution is 4.64. The van der Waals surface area contributed by atoms with Gasteiger partial charge in [0.15, 0.2) is 0 Å². The van der Waals surface area contributed by atoms with Crippen molar-refractivity contribution in [2.45, 2.75) is 38.5 Å². The standard InChI is InChI=1S/C11H25NO4/c1-9(12)8-15-5-4-11(10(2)13)16-7-6-14-3/h9-11,13H,4-8,12H2,1-3H3. The monoisotopic (exact) mass is 235 g/mol. The van der Waals surface area contributed by atoms with Crippen LogP contribution in [0.4, 0.5) is 0 Å². The first kappa shape index (κ1) is 15.8. The van der Waals surface area contributed by atoms with E-state index in [0.29, 0.717) is 32.8 Å². The number of aliphatic hydroxyl groups excluding tert-OH is 1. The highest BCUT2D eigenvalue weighted by atomic mass is 16.5. The third-order valence-electron chi connectivity index (χ3n) is 2.08. The molecule has 5 heteroatoms. The molecular weight excluding hydrogens is 210 g/mol. The number of methoxy groups -OCH3 is 1. The lowest BCUT2D eigenvalue weighted by Gasteiger charge is -2.20. The van der Waals surface area contributed by atoms with E-state index in [9.17, 15) is 5.11 Å². The largest absolute Gasteiger partial charge is 0.391 e. The molecule has 0 aliphatic heterocycles. The lowest BCUT2D eigenvalue weighted by Crippen LogP contribution is -2.30. The Balaban J connectivity index is 3.60. The SMILES string of the molecule is COCCOC(CCOCC(C)N)C(C)O. The maximum Gasteiger partial charge on any atom is 0.0854 e. The molecule has 0 aliphatic carbocycles. The highest BCUT2D eigenvalue weighted by Gasteiger charge is 2.15. The minimum atomic E-state index is -0.504. The van der Waals surface area contributed by atoms with Gasteiger partial charge in [0.05, 0.1) is 32.0 Å². The summed E-state index contributed by atoms with van der Waals surface area (Å²) in [6.07, 6.45) is -0.0485. The number of rotatable bonds is 10. The van der Waals surface area contributed by atoms with Crippen molar-refractivity contribution in [2.24, 2.45) is 5.73 Å². The Morgan fingerprint density at radius 3 is 2.38 bits per heavy atom. The minimum absolute atomic E-state index is 0.0411. The summed E-state index contributed by atoms with van der Waals surface area (Å²) < 4.78 is 15.7. The van der Waals surface area contributed by atoms with E-state index in [1.807, 2.05) is 6.92 Å². The molecule has 3 atom stereocenters. The van der Waals surface area contributed by atoms with Crippen LogP contribution in [-0.4, -0.2) is 56.9 Å². The summed E-state index contributed by atoms with van der Waals surface area (Å²) in [5, 5.41) is 9.47. The number of nitrogens with two attached hydrogens (primary N) is 1. The van der Waals surface area contributed by atoms with Crippen LogP contribution in [0.3, 0.4) is 0 Å². The fourth-order valence-electron chi connectivity index (χ4n) is 1.22. The third-order valence-corrected chi connectivity index (χ3v) is 2.08. The van der Waals surface area contributed by atoms with E-state index in [1.165, 1.54) is 0 Å². The van der Waals surface area contributed by atoms with Gasteiger partial charge >= 0.3 is 0 Å². The van der Waals surface area contributed by atoms with Crippen LogP contribution in [-0.2, 0) is 14.2 Å². The van der Waals surface area contributed by atoms with Crippen molar-refractivity contribution in [3.63, 3.8) is 0 Å². The summed E-state index contributed by atoms with van der Waals surface area (Å²) in [4.78, 5) is 0. The molecule has 0 heterocycles. The Bertz CT molecular complexity index is 153. The first-order valence-corrected chi connectivity index (χ1v) is 5.69. The molecule has 3 unspecified atom stereocenters. The molecule has 0 spiro atoms. The first-order chi connectivity index (χ1) is 7.57. The lowest BCUT2D eigenvalue weighted by molar-refractivity contribution is -0.0591. The van der Waals surface area contributed by atoms with E-state index >= 15 is 0 Å². The molecule has 16 heavy (non-hydrogen) atoms. The van der Waals surface area contributed by atoms with Gasteiger partial charge in [-0.1, -0.05) is 0 Å². The molecule has 0 saturated heterocycles. The molecule has 3 N–H and O–H groups in total. The molecule has 5 nitrogen and oxygen atoms in total. The fourth-order valence-corrected chi connectivity index (χ4v) is 1.22. The van der Waals surface area contributed by atoms with Crippen molar-refractivity contribution >= 4 is 0 Å². The molecular formula is C11H25NO4. The predicted octanol–water partition coefficient (Wildman–Crippen LogP) is 0.153. The van der Waals surface area contributed by atoms with Crippen molar-refractivity contribution in [3.05, 3.63) is 0 Å². The van der Waals surface area contributed by atoms with Gasteiger partial charge in [-0.3, -0.25) is 0 Å². The molecule has 0 aliphatic rings. The third kappa shape index (κ3) is 9.06. The zero-order valence-corrected chi connectivity index (χ0v) is 10.5. The minimum Gasteiger partial charge on any atom is -0.391 e. The van der Waals surface area contributed by atoms with Crippen LogP contribution >= 0.6 is 0 Å². The lowest BCUT2D eigenvalue weighted by atomic mass is 10.2. The van der Waals surface area contributed by atoms with E-state index in [1.54, 1.807) is 14.0 Å². The number of ether oxygens (including phenoxy) is 3. The predicted molar refractivity (Wildman–Crippen MR) is 62.4 cm³/mol. The van der Waals surface area contributed by atoms with Crippen molar-refractivity contribution in [3.8, 4) is 0 Å². The highest BCUT2D eigenvalue weighted by Crippen LogP contribution is 2.05. The quantitative estimate of drug-likeness (QED) is 0.527. The second kappa shape index (κ2) is 9.99. The Morgan fingerprint density at radius 1 is 1.19 bits per heavy atom. The zero-order valence-electron chi connectivity index (χ0n) is 10.5. The van der Waals surface area contributed by atoms with Crippen molar-refractivity contribution in [1.82, 2.24) is 0 Å². The van der Waals surface area contributed by atoms with Crippen LogP contribution in [0.25, 0.3) is 0 Å². The van der Waals surface area contributed by atoms with Gasteiger partial charge < -0.3 is 25.1 Å². The summed E-state index contributed by atoms with van der Waals surface area (Å²) in [7, 11) is 1.62. The van der Waals surface area contributed by atoms with Crippen LogP contribution in [0.2, 0.25) is 0 Å². The summed E-state index contributed by atoms with van der Waals surface area (Å²) in [6.45, 7) is 5.70. The van der Waals surface area contributed by atoms with E-state index in [0.717, 1.165) is 0 Å². The molecule has 0 fully saturated rings. The Labute approximate surface area is 97.9 Å². The molecule has 98 valence electrons. The Morgan fingerprint density at radius 2 is 1.88 bits per heavy atom. The van der Waals surface area contributed by atoms with Gasteiger partial charge in [-0.15, -0.1) is 0 Å². The summed E-state index contributed by atoms with van der Waals surface area (Å²) >= 11 is 0. The second-order valence-corrected chi connectivity index (χ2v) is 3.98. The van der Waals surface area contributed by atoms with Crippen molar-refractivity contribution < 1.29 is 19.3 Å². The Kier molecular flexibility index (Phi) is 9.86. The summed E-state index contributed by atoms with van der Waals surface area (Å²) in [6, 6.07) is 0.0411. The van der Waals surface area contributed by atoms with Crippen LogP contribution in [0.5, 0.6) is 0 Å². The topological polar surface area (TPSA) is 73.9 Å². The second-order valence-electron chi connectivity index (χ2n) is 3.98. The molecule has 0 rings (SSSR count). The van der Waals surface area contributed by atoms with E-state index in [2.05, 4.69) is 0 Å². The molecule has 0 aromatic carbocycles. The van der Waals surface area contributed by atoms with E-state index < -0.39 is 6.10 Å². The fraction of sp³-hybridized carbons (Fsp3) is 1.00. The number of hydrogen-bond acceptors (Lipinski definition) is 5. The van der Waals surface area contributed by atoms with Crippen LogP contribution in [0.15, 0.2) is 0 Å². The normalized spacial score (nSPS) is 17.1. The van der Waals surface area contributed by atoms with Gasteiger partial charge in [0.25, 0.3) is 0 Å². The van der Waals surface area contributed by atoms with Gasteiger partial charge in [-0.05, 0) is 20.3 Å². The van der Waals surface area contributed by atoms with Gasteiger partial charge in [0.2, 0.25) is 0 Å². The summed E-state index contributed by atoms with van der Waals surface area (Å²) in [5.74, 6) is 0. The molecule has 0 bridgehead atoms. The smallest absolute Gasteiger partial charge is 0.0854 e. The molecule has 0 aromatic heterocycles. The van der Waals surface area contributed by atoms with Crippen molar-refractivity contribution in [1.29, 1.82) is 0 Å². The van der Waals surface area contributed by atoms with Gasteiger partial charge in [-0.25, -0.2) is 0 Å². The zero-order chi connectivity index (χ0) is 12.4.